The molecule has 0 aliphatic heterocycles. The number of carbonyl (C=O) groups is 3. The van der Waals surface area contributed by atoms with Crippen LogP contribution >= 0.6 is 0 Å². The van der Waals surface area contributed by atoms with E-state index in [2.05, 4.69) is 10.6 Å². The molecule has 0 atom stereocenters. The Morgan fingerprint density at radius 3 is 2.39 bits per heavy atom. The fourth-order valence-corrected chi connectivity index (χ4v) is 2.80. The van der Waals surface area contributed by atoms with Gasteiger partial charge in [0.25, 0.3) is 11.8 Å². The van der Waals surface area contributed by atoms with Gasteiger partial charge in [0.15, 0.2) is 12.4 Å². The van der Waals surface area contributed by atoms with Gasteiger partial charge in [0, 0.05) is 17.3 Å². The molecular weight excluding hydrogens is 396 g/mol. The molecule has 0 radical (unpaired) electrons. The lowest BCUT2D eigenvalue weighted by atomic mass is 10.1. The summed E-state index contributed by atoms with van der Waals surface area (Å²) in [5.41, 5.74) is 1.32. The normalized spacial score (nSPS) is 10.1. The van der Waals surface area contributed by atoms with Crippen LogP contribution in [-0.2, 0) is 4.79 Å². The number of hydrogen-bond donors (Lipinski definition) is 2. The third kappa shape index (κ3) is 6.17. The van der Waals surface area contributed by atoms with Gasteiger partial charge in [0.1, 0.15) is 11.5 Å². The summed E-state index contributed by atoms with van der Waals surface area (Å²) in [5, 5.41) is 5.30. The van der Waals surface area contributed by atoms with Gasteiger partial charge in [-0.2, -0.15) is 0 Å². The van der Waals surface area contributed by atoms with Crippen LogP contribution in [0.4, 0.5) is 5.69 Å². The molecule has 0 saturated heterocycles. The van der Waals surface area contributed by atoms with Crippen molar-refractivity contribution in [3.8, 4) is 11.5 Å². The van der Waals surface area contributed by atoms with E-state index in [-0.39, 0.29) is 36.2 Å². The van der Waals surface area contributed by atoms with Crippen molar-refractivity contribution in [1.82, 2.24) is 5.32 Å². The van der Waals surface area contributed by atoms with E-state index >= 15 is 0 Å². The molecule has 158 valence electrons. The molecule has 0 spiro atoms. The highest BCUT2D eigenvalue weighted by molar-refractivity contribution is 6.03. The summed E-state index contributed by atoms with van der Waals surface area (Å²) >= 11 is 0. The van der Waals surface area contributed by atoms with Crippen molar-refractivity contribution in [2.45, 2.75) is 0 Å². The molecule has 2 amide bonds. The number of amides is 2. The second kappa shape index (κ2) is 10.6. The number of ketones is 1. The van der Waals surface area contributed by atoms with Gasteiger partial charge in [-0.15, -0.1) is 0 Å². The van der Waals surface area contributed by atoms with Crippen molar-refractivity contribution in [2.75, 3.05) is 25.6 Å². The van der Waals surface area contributed by atoms with E-state index in [9.17, 15) is 14.4 Å². The average Bonchev–Trinajstić information content (AvgIpc) is 2.81. The highest BCUT2D eigenvalue weighted by Gasteiger charge is 2.15. The van der Waals surface area contributed by atoms with Gasteiger partial charge in [-0.3, -0.25) is 14.4 Å². The molecule has 0 aromatic heterocycles. The molecule has 0 aliphatic rings. The third-order valence-corrected chi connectivity index (χ3v) is 4.35. The molecule has 7 nitrogen and oxygen atoms in total. The lowest BCUT2D eigenvalue weighted by molar-refractivity contribution is -0.118. The first-order chi connectivity index (χ1) is 15.1. The van der Waals surface area contributed by atoms with Crippen molar-refractivity contribution in [2.24, 2.45) is 0 Å². The number of ether oxygens (including phenoxy) is 2. The molecule has 3 aromatic carbocycles. The van der Waals surface area contributed by atoms with Gasteiger partial charge in [-0.05, 0) is 24.3 Å². The van der Waals surface area contributed by atoms with Crippen molar-refractivity contribution in [3.63, 3.8) is 0 Å². The maximum atomic E-state index is 12.5. The summed E-state index contributed by atoms with van der Waals surface area (Å²) < 4.78 is 10.7. The second-order valence-corrected chi connectivity index (χ2v) is 6.54. The van der Waals surface area contributed by atoms with Gasteiger partial charge in [0.2, 0.25) is 0 Å². The fraction of sp³-hybridized carbons (Fsp3) is 0.125. The molecule has 3 aromatic rings. The van der Waals surface area contributed by atoms with E-state index in [0.29, 0.717) is 17.0 Å². The minimum absolute atomic E-state index is 0.145. The van der Waals surface area contributed by atoms with Crippen molar-refractivity contribution >= 4 is 23.3 Å². The lowest BCUT2D eigenvalue weighted by Gasteiger charge is -2.12. The standard InChI is InChI=1S/C24H22N2O5/c1-30-19-11-7-10-18(14-19)26-23(28)16-31-22-13-6-5-12-20(22)24(29)25-15-21(27)17-8-3-2-4-9-17/h2-14H,15-16H2,1H3,(H,25,29)(H,26,28). The first-order valence-electron chi connectivity index (χ1n) is 9.59. The zero-order chi connectivity index (χ0) is 22.1. The molecule has 0 aliphatic carbocycles. The van der Waals surface area contributed by atoms with Crippen LogP contribution in [0.25, 0.3) is 0 Å². The zero-order valence-corrected chi connectivity index (χ0v) is 17.0. The first kappa shape index (κ1) is 21.6. The largest absolute Gasteiger partial charge is 0.497 e. The summed E-state index contributed by atoms with van der Waals surface area (Å²) in [6.07, 6.45) is 0. The summed E-state index contributed by atoms with van der Waals surface area (Å²) in [7, 11) is 1.54. The average molecular weight is 418 g/mol. The lowest BCUT2D eigenvalue weighted by Crippen LogP contribution is -2.30. The fourth-order valence-electron chi connectivity index (χ4n) is 2.80. The van der Waals surface area contributed by atoms with Crippen LogP contribution in [0.5, 0.6) is 11.5 Å². The molecule has 0 bridgehead atoms. The van der Waals surface area contributed by atoms with Gasteiger partial charge in [-0.1, -0.05) is 48.5 Å². The Bertz CT molecular complexity index is 1070. The van der Waals surface area contributed by atoms with E-state index in [1.165, 1.54) is 0 Å². The number of nitrogens with one attached hydrogen (secondary N) is 2. The topological polar surface area (TPSA) is 93.7 Å². The molecular formula is C24H22N2O5. The van der Waals surface area contributed by atoms with E-state index in [4.69, 9.17) is 9.47 Å². The SMILES string of the molecule is COc1cccc(NC(=O)COc2ccccc2C(=O)NCC(=O)c2ccccc2)c1. The van der Waals surface area contributed by atoms with Crippen molar-refractivity contribution in [3.05, 3.63) is 90.0 Å². The maximum Gasteiger partial charge on any atom is 0.262 e. The highest BCUT2D eigenvalue weighted by Crippen LogP contribution is 2.19. The molecule has 0 unspecified atom stereocenters. The number of Topliss-reactive ketones (excluding diaryl/α,β-unsaturated/α-hetero) is 1. The molecule has 0 fully saturated rings. The number of methoxy groups -OCH3 is 1. The Kier molecular flexibility index (Phi) is 7.37. The van der Waals surface area contributed by atoms with E-state index in [1.54, 1.807) is 79.9 Å². The zero-order valence-electron chi connectivity index (χ0n) is 17.0. The quantitative estimate of drug-likeness (QED) is 0.520. The predicted molar refractivity (Wildman–Crippen MR) is 117 cm³/mol. The Labute approximate surface area is 180 Å². The van der Waals surface area contributed by atoms with E-state index in [1.807, 2.05) is 6.07 Å². The van der Waals surface area contributed by atoms with Gasteiger partial charge in [-0.25, -0.2) is 0 Å². The monoisotopic (exact) mass is 418 g/mol. The van der Waals surface area contributed by atoms with Gasteiger partial charge in [0.05, 0.1) is 19.2 Å². The Balaban J connectivity index is 1.57. The van der Waals surface area contributed by atoms with E-state index < -0.39 is 5.91 Å². The number of hydrogen-bond acceptors (Lipinski definition) is 5. The Hall–Kier alpha value is -4.13. The predicted octanol–water partition coefficient (Wildman–Crippen LogP) is 3.33. The summed E-state index contributed by atoms with van der Waals surface area (Å²) in [4.78, 5) is 37.0. The molecule has 0 saturated carbocycles. The van der Waals surface area contributed by atoms with Crippen LogP contribution < -0.4 is 20.1 Å². The minimum atomic E-state index is -0.465. The third-order valence-electron chi connectivity index (χ3n) is 4.35. The summed E-state index contributed by atoms with van der Waals surface area (Å²) in [6.45, 7) is -0.433. The van der Waals surface area contributed by atoms with Gasteiger partial charge >= 0.3 is 0 Å². The van der Waals surface area contributed by atoms with Crippen LogP contribution in [0, 0.1) is 0 Å². The van der Waals surface area contributed by atoms with Crippen LogP contribution in [-0.4, -0.2) is 37.9 Å². The van der Waals surface area contributed by atoms with Crippen LogP contribution in [0.1, 0.15) is 20.7 Å². The highest BCUT2D eigenvalue weighted by atomic mass is 16.5. The number of benzene rings is 3. The molecule has 2 N–H and O–H groups in total. The molecule has 7 heteroatoms. The van der Waals surface area contributed by atoms with Gasteiger partial charge < -0.3 is 20.1 Å². The van der Waals surface area contributed by atoms with Crippen LogP contribution in [0.15, 0.2) is 78.9 Å². The van der Waals surface area contributed by atoms with E-state index in [0.717, 1.165) is 0 Å². The molecule has 31 heavy (non-hydrogen) atoms. The number of para-hydroxylation sites is 1. The van der Waals surface area contributed by atoms with Crippen LogP contribution in [0.3, 0.4) is 0 Å². The smallest absolute Gasteiger partial charge is 0.262 e. The van der Waals surface area contributed by atoms with Crippen LogP contribution in [0.2, 0.25) is 0 Å². The molecule has 3 rings (SSSR count). The van der Waals surface area contributed by atoms with Crippen molar-refractivity contribution in [1.29, 1.82) is 0 Å². The second-order valence-electron chi connectivity index (χ2n) is 6.54. The van der Waals surface area contributed by atoms with Crippen molar-refractivity contribution < 1.29 is 23.9 Å². The Morgan fingerprint density at radius 1 is 0.871 bits per heavy atom. The number of anilines is 1. The number of carbonyl (C=O) groups excluding carboxylic acids is 3. The maximum absolute atomic E-state index is 12.5. The molecule has 0 heterocycles. The minimum Gasteiger partial charge on any atom is -0.497 e. The summed E-state index contributed by atoms with van der Waals surface area (Å²) in [5.74, 6) is -0.195. The summed E-state index contributed by atoms with van der Waals surface area (Å²) in [6, 6.07) is 22.2. The Morgan fingerprint density at radius 2 is 1.61 bits per heavy atom. The number of rotatable bonds is 9. The first-order valence-corrected chi connectivity index (χ1v) is 9.59.